The molecular weight excluding hydrogens is 232 g/mol. The fourth-order valence-electron chi connectivity index (χ4n) is 1.85. The van der Waals surface area contributed by atoms with Gasteiger partial charge in [0, 0.05) is 0 Å². The molecule has 0 amide bonds. The number of ether oxygens (including phenoxy) is 3. The van der Waals surface area contributed by atoms with Gasteiger partial charge in [-0.3, -0.25) is 4.79 Å². The summed E-state index contributed by atoms with van der Waals surface area (Å²) in [5, 5.41) is 0. The molecule has 4 nitrogen and oxygen atoms in total. The third kappa shape index (κ3) is 1.50. The molecule has 0 radical (unpaired) electrons. The van der Waals surface area contributed by atoms with Gasteiger partial charge in [-0.1, -0.05) is 12.1 Å². The molecular formula is C14H10O4. The summed E-state index contributed by atoms with van der Waals surface area (Å²) in [4.78, 5) is 11.0. The Morgan fingerprint density at radius 3 is 2.28 bits per heavy atom. The molecule has 0 bridgehead atoms. The Hall–Kier alpha value is -2.49. The number of fused-ring (bicyclic) bond motifs is 2. The van der Waals surface area contributed by atoms with Crippen LogP contribution in [0.15, 0.2) is 36.4 Å². The molecule has 0 aliphatic carbocycles. The van der Waals surface area contributed by atoms with Gasteiger partial charge in [0.25, 0.3) is 0 Å². The second kappa shape index (κ2) is 4.07. The highest BCUT2D eigenvalue weighted by atomic mass is 16.6. The van der Waals surface area contributed by atoms with Gasteiger partial charge in [0.1, 0.15) is 0 Å². The van der Waals surface area contributed by atoms with Crippen molar-refractivity contribution in [1.29, 1.82) is 0 Å². The Bertz CT molecular complexity index is 619. The van der Waals surface area contributed by atoms with Crippen LogP contribution in [0.3, 0.4) is 0 Å². The van der Waals surface area contributed by atoms with Crippen molar-refractivity contribution in [1.82, 2.24) is 0 Å². The van der Waals surface area contributed by atoms with Gasteiger partial charge in [-0.05, 0) is 24.3 Å². The summed E-state index contributed by atoms with van der Waals surface area (Å²) >= 11 is 0. The van der Waals surface area contributed by atoms with Crippen LogP contribution in [-0.2, 0) is 0 Å². The normalized spacial score (nSPS) is 11.6. The molecule has 1 heterocycles. The number of para-hydroxylation sites is 2. The molecule has 1 aliphatic heterocycles. The van der Waals surface area contributed by atoms with Crippen molar-refractivity contribution in [2.45, 2.75) is 0 Å². The fourth-order valence-corrected chi connectivity index (χ4v) is 1.85. The summed E-state index contributed by atoms with van der Waals surface area (Å²) in [6, 6.07) is 10.6. The lowest BCUT2D eigenvalue weighted by molar-refractivity contribution is 0.112. The molecule has 3 rings (SSSR count). The van der Waals surface area contributed by atoms with Gasteiger partial charge < -0.3 is 14.2 Å². The van der Waals surface area contributed by atoms with Crippen molar-refractivity contribution < 1.29 is 19.0 Å². The molecule has 4 heteroatoms. The Labute approximate surface area is 104 Å². The zero-order valence-corrected chi connectivity index (χ0v) is 9.67. The zero-order chi connectivity index (χ0) is 12.5. The minimum Gasteiger partial charge on any atom is -0.493 e. The van der Waals surface area contributed by atoms with Gasteiger partial charge in [-0.15, -0.1) is 0 Å². The summed E-state index contributed by atoms with van der Waals surface area (Å²) in [5.74, 6) is 2.54. The molecule has 90 valence electrons. The lowest BCUT2D eigenvalue weighted by Crippen LogP contribution is -2.03. The van der Waals surface area contributed by atoms with E-state index in [0.29, 0.717) is 34.3 Å². The molecule has 0 saturated carbocycles. The number of methoxy groups -OCH3 is 1. The SMILES string of the molecule is COc1ccc(C=O)c2c1Oc1ccccc1O2. The molecule has 18 heavy (non-hydrogen) atoms. The smallest absolute Gasteiger partial charge is 0.212 e. The lowest BCUT2D eigenvalue weighted by atomic mass is 10.1. The number of rotatable bonds is 2. The van der Waals surface area contributed by atoms with Crippen LogP contribution in [-0.4, -0.2) is 13.4 Å². The van der Waals surface area contributed by atoms with Crippen LogP contribution in [0, 0.1) is 0 Å². The van der Waals surface area contributed by atoms with Crippen molar-refractivity contribution in [2.24, 2.45) is 0 Å². The molecule has 2 aromatic carbocycles. The van der Waals surface area contributed by atoms with Gasteiger partial charge in [0.2, 0.25) is 5.75 Å². The van der Waals surface area contributed by atoms with E-state index in [1.807, 2.05) is 12.1 Å². The third-order valence-corrected chi connectivity index (χ3v) is 2.73. The Morgan fingerprint density at radius 2 is 1.67 bits per heavy atom. The van der Waals surface area contributed by atoms with Gasteiger partial charge in [-0.25, -0.2) is 0 Å². The van der Waals surface area contributed by atoms with E-state index in [4.69, 9.17) is 14.2 Å². The zero-order valence-electron chi connectivity index (χ0n) is 9.67. The van der Waals surface area contributed by atoms with Gasteiger partial charge in [0.05, 0.1) is 12.7 Å². The summed E-state index contributed by atoms with van der Waals surface area (Å²) in [6.07, 6.45) is 0.732. The van der Waals surface area contributed by atoms with Crippen LogP contribution in [0.1, 0.15) is 10.4 Å². The Kier molecular flexibility index (Phi) is 2.41. The summed E-state index contributed by atoms with van der Waals surface area (Å²) in [7, 11) is 1.54. The van der Waals surface area contributed by atoms with E-state index < -0.39 is 0 Å². The van der Waals surface area contributed by atoms with Crippen molar-refractivity contribution in [3.05, 3.63) is 42.0 Å². The summed E-state index contributed by atoms with van der Waals surface area (Å²) in [5.41, 5.74) is 0.431. The van der Waals surface area contributed by atoms with Crippen LogP contribution in [0.5, 0.6) is 28.7 Å². The second-order valence-corrected chi connectivity index (χ2v) is 3.78. The number of carbonyl (C=O) groups is 1. The van der Waals surface area contributed by atoms with Crippen molar-refractivity contribution in [3.8, 4) is 28.7 Å². The summed E-state index contributed by atoms with van der Waals surface area (Å²) in [6.45, 7) is 0. The minimum atomic E-state index is 0.392. The maximum atomic E-state index is 11.0. The third-order valence-electron chi connectivity index (χ3n) is 2.73. The van der Waals surface area contributed by atoms with Crippen molar-refractivity contribution >= 4 is 6.29 Å². The number of benzene rings is 2. The van der Waals surface area contributed by atoms with E-state index in [0.717, 1.165) is 6.29 Å². The average Bonchev–Trinajstić information content (AvgIpc) is 2.44. The molecule has 0 N–H and O–H groups in total. The number of hydrogen-bond donors (Lipinski definition) is 0. The van der Waals surface area contributed by atoms with Crippen LogP contribution in [0.25, 0.3) is 0 Å². The Balaban J connectivity index is 2.18. The first-order valence-corrected chi connectivity index (χ1v) is 5.44. The molecule has 0 saturated heterocycles. The maximum Gasteiger partial charge on any atom is 0.212 e. The molecule has 0 aromatic heterocycles. The van der Waals surface area contributed by atoms with Crippen LogP contribution >= 0.6 is 0 Å². The fraction of sp³-hybridized carbons (Fsp3) is 0.0714. The molecule has 2 aromatic rings. The molecule has 0 atom stereocenters. The molecule has 1 aliphatic rings. The highest BCUT2D eigenvalue weighted by Gasteiger charge is 2.24. The van der Waals surface area contributed by atoms with Gasteiger partial charge in [-0.2, -0.15) is 0 Å². The van der Waals surface area contributed by atoms with Crippen LogP contribution in [0.4, 0.5) is 0 Å². The molecule has 0 spiro atoms. The highest BCUT2D eigenvalue weighted by molar-refractivity contribution is 5.83. The first kappa shape index (κ1) is 10.7. The first-order valence-electron chi connectivity index (χ1n) is 5.44. The quantitative estimate of drug-likeness (QED) is 0.646. The van der Waals surface area contributed by atoms with E-state index in [-0.39, 0.29) is 0 Å². The lowest BCUT2D eigenvalue weighted by Gasteiger charge is -2.22. The van der Waals surface area contributed by atoms with Gasteiger partial charge in [0.15, 0.2) is 29.3 Å². The minimum absolute atomic E-state index is 0.392. The van der Waals surface area contributed by atoms with Crippen molar-refractivity contribution in [2.75, 3.05) is 7.11 Å². The van der Waals surface area contributed by atoms with Crippen molar-refractivity contribution in [3.63, 3.8) is 0 Å². The highest BCUT2D eigenvalue weighted by Crippen LogP contribution is 2.50. The topological polar surface area (TPSA) is 44.8 Å². The monoisotopic (exact) mass is 242 g/mol. The van der Waals surface area contributed by atoms with Gasteiger partial charge >= 0.3 is 0 Å². The number of hydrogen-bond acceptors (Lipinski definition) is 4. The molecule has 0 fully saturated rings. The average molecular weight is 242 g/mol. The first-order chi connectivity index (χ1) is 8.83. The van der Waals surface area contributed by atoms with Crippen LogP contribution in [0.2, 0.25) is 0 Å². The number of aldehydes is 1. The van der Waals surface area contributed by atoms with Crippen LogP contribution < -0.4 is 14.2 Å². The molecule has 0 unspecified atom stereocenters. The number of carbonyl (C=O) groups excluding carboxylic acids is 1. The Morgan fingerprint density at radius 1 is 1.00 bits per heavy atom. The van der Waals surface area contributed by atoms with E-state index in [1.54, 1.807) is 31.4 Å². The summed E-state index contributed by atoms with van der Waals surface area (Å²) < 4.78 is 16.6. The van der Waals surface area contributed by atoms with E-state index in [1.165, 1.54) is 0 Å². The van der Waals surface area contributed by atoms with E-state index in [9.17, 15) is 4.79 Å². The largest absolute Gasteiger partial charge is 0.493 e. The second-order valence-electron chi connectivity index (χ2n) is 3.78. The predicted molar refractivity (Wildman–Crippen MR) is 65.0 cm³/mol. The van der Waals surface area contributed by atoms with E-state index in [2.05, 4.69) is 0 Å². The standard InChI is InChI=1S/C14H10O4/c1-16-12-7-6-9(8-15)13-14(12)18-11-5-3-2-4-10(11)17-13/h2-8H,1H3. The predicted octanol–water partition coefficient (Wildman–Crippen LogP) is 3.41. The van der Waals surface area contributed by atoms with E-state index >= 15 is 0 Å². The maximum absolute atomic E-state index is 11.0.